The van der Waals surface area contributed by atoms with Gasteiger partial charge in [-0.05, 0) is 38.3 Å². The zero-order chi connectivity index (χ0) is 19.1. The average molecular weight is 358 g/mol. The minimum absolute atomic E-state index is 0.00733. The minimum atomic E-state index is -0.839. The summed E-state index contributed by atoms with van der Waals surface area (Å²) in [4.78, 5) is 38.4. The van der Waals surface area contributed by atoms with Crippen molar-refractivity contribution in [3.05, 3.63) is 48.0 Å². The van der Waals surface area contributed by atoms with E-state index in [0.717, 1.165) is 5.56 Å². The van der Waals surface area contributed by atoms with Crippen molar-refractivity contribution < 1.29 is 19.1 Å². The molecule has 0 aliphatic carbocycles. The van der Waals surface area contributed by atoms with E-state index in [-0.39, 0.29) is 23.7 Å². The summed E-state index contributed by atoms with van der Waals surface area (Å²) < 4.78 is 5.26. The first-order chi connectivity index (χ1) is 12.4. The van der Waals surface area contributed by atoms with Gasteiger partial charge in [-0.1, -0.05) is 24.3 Å². The molecule has 0 unspecified atom stereocenters. The van der Waals surface area contributed by atoms with E-state index in [1.807, 2.05) is 31.2 Å². The summed E-state index contributed by atoms with van der Waals surface area (Å²) in [6.45, 7) is 8.32. The van der Waals surface area contributed by atoms with Crippen molar-refractivity contribution in [2.75, 3.05) is 19.6 Å². The van der Waals surface area contributed by atoms with Gasteiger partial charge in [-0.25, -0.2) is 0 Å². The van der Waals surface area contributed by atoms with E-state index < -0.39 is 6.10 Å². The molecule has 26 heavy (non-hydrogen) atoms. The highest BCUT2D eigenvalue weighted by atomic mass is 16.5. The van der Waals surface area contributed by atoms with Gasteiger partial charge < -0.3 is 15.0 Å². The van der Waals surface area contributed by atoms with Gasteiger partial charge in [0.25, 0.3) is 11.8 Å². The zero-order valence-corrected chi connectivity index (χ0v) is 15.4. The van der Waals surface area contributed by atoms with E-state index in [0.29, 0.717) is 38.0 Å². The van der Waals surface area contributed by atoms with Gasteiger partial charge in [0.2, 0.25) is 0 Å². The van der Waals surface area contributed by atoms with Gasteiger partial charge in [-0.3, -0.25) is 14.4 Å². The lowest BCUT2D eigenvalue weighted by atomic mass is 9.96. The van der Waals surface area contributed by atoms with Crippen LogP contribution in [0.3, 0.4) is 0 Å². The number of carbonyl (C=O) groups excluding carboxylic acids is 3. The van der Waals surface area contributed by atoms with Crippen molar-refractivity contribution in [2.24, 2.45) is 5.92 Å². The van der Waals surface area contributed by atoms with Gasteiger partial charge in [0.05, 0.1) is 5.92 Å². The van der Waals surface area contributed by atoms with Crippen molar-refractivity contribution in [1.82, 2.24) is 10.2 Å². The Balaban J connectivity index is 1.85. The standard InChI is InChI=1S/C20H26N2O4/c1-4-11-21-18(23)15(3)26-20(25)16-9-12-22(13-10-16)19(24)17-8-6-5-7-14(17)2/h4-8,15-16H,1,9-13H2,2-3H3,(H,21,23)/t15-/m1/s1. The summed E-state index contributed by atoms with van der Waals surface area (Å²) in [5, 5.41) is 2.60. The Kier molecular flexibility index (Phi) is 6.95. The summed E-state index contributed by atoms with van der Waals surface area (Å²) in [6.07, 6.45) is 1.80. The number of nitrogens with zero attached hydrogens (tertiary/aromatic N) is 1. The SMILES string of the molecule is C=CCNC(=O)[C@@H](C)OC(=O)C1CCN(C(=O)c2ccccc2C)CC1. The second kappa shape index (κ2) is 9.17. The molecule has 6 nitrogen and oxygen atoms in total. The molecule has 0 aromatic heterocycles. The van der Waals surface area contributed by atoms with Crippen molar-refractivity contribution in [1.29, 1.82) is 0 Å². The second-order valence-corrected chi connectivity index (χ2v) is 6.49. The van der Waals surface area contributed by atoms with Gasteiger partial charge >= 0.3 is 5.97 Å². The number of esters is 1. The lowest BCUT2D eigenvalue weighted by Crippen LogP contribution is -2.42. The molecule has 0 spiro atoms. The van der Waals surface area contributed by atoms with Crippen LogP contribution in [-0.2, 0) is 14.3 Å². The summed E-state index contributed by atoms with van der Waals surface area (Å²) >= 11 is 0. The van der Waals surface area contributed by atoms with Crippen LogP contribution in [0.2, 0.25) is 0 Å². The summed E-state index contributed by atoms with van der Waals surface area (Å²) in [6, 6.07) is 7.49. The lowest BCUT2D eigenvalue weighted by molar-refractivity contribution is -0.159. The molecule has 6 heteroatoms. The number of benzene rings is 1. The highest BCUT2D eigenvalue weighted by Gasteiger charge is 2.30. The number of nitrogens with one attached hydrogen (secondary N) is 1. The predicted octanol–water partition coefficient (Wildman–Crippen LogP) is 2.08. The molecule has 140 valence electrons. The average Bonchev–Trinajstić information content (AvgIpc) is 2.66. The van der Waals surface area contributed by atoms with Crippen LogP contribution in [0, 0.1) is 12.8 Å². The highest BCUT2D eigenvalue weighted by Crippen LogP contribution is 2.21. The van der Waals surface area contributed by atoms with Crippen molar-refractivity contribution in [3.8, 4) is 0 Å². The van der Waals surface area contributed by atoms with Gasteiger partial charge in [0.1, 0.15) is 0 Å². The van der Waals surface area contributed by atoms with E-state index in [2.05, 4.69) is 11.9 Å². The largest absolute Gasteiger partial charge is 0.452 e. The van der Waals surface area contributed by atoms with E-state index >= 15 is 0 Å². The van der Waals surface area contributed by atoms with Crippen LogP contribution in [0.5, 0.6) is 0 Å². The first-order valence-electron chi connectivity index (χ1n) is 8.88. The molecule has 1 aromatic rings. The predicted molar refractivity (Wildman–Crippen MR) is 98.6 cm³/mol. The van der Waals surface area contributed by atoms with Crippen molar-refractivity contribution in [3.63, 3.8) is 0 Å². The highest BCUT2D eigenvalue weighted by molar-refractivity contribution is 5.95. The molecule has 0 saturated carbocycles. The Labute approximate surface area is 154 Å². The van der Waals surface area contributed by atoms with Crippen LogP contribution in [0.25, 0.3) is 0 Å². The lowest BCUT2D eigenvalue weighted by Gasteiger charge is -2.31. The van der Waals surface area contributed by atoms with Crippen LogP contribution in [0.15, 0.2) is 36.9 Å². The fourth-order valence-corrected chi connectivity index (χ4v) is 2.94. The molecular weight excluding hydrogens is 332 g/mol. The Morgan fingerprint density at radius 1 is 1.31 bits per heavy atom. The third kappa shape index (κ3) is 4.94. The smallest absolute Gasteiger partial charge is 0.309 e. The van der Waals surface area contributed by atoms with Gasteiger partial charge in [0, 0.05) is 25.2 Å². The maximum absolute atomic E-state index is 12.6. The number of rotatable bonds is 6. The molecule has 1 atom stereocenters. The van der Waals surface area contributed by atoms with E-state index in [1.54, 1.807) is 17.9 Å². The summed E-state index contributed by atoms with van der Waals surface area (Å²) in [5.74, 6) is -1.02. The van der Waals surface area contributed by atoms with Gasteiger partial charge in [0.15, 0.2) is 6.10 Å². The van der Waals surface area contributed by atoms with Gasteiger partial charge in [-0.2, -0.15) is 0 Å². The fourth-order valence-electron chi connectivity index (χ4n) is 2.94. The zero-order valence-electron chi connectivity index (χ0n) is 15.4. The molecule has 2 rings (SSSR count). The first kappa shape index (κ1) is 19.7. The molecule has 1 saturated heterocycles. The first-order valence-corrected chi connectivity index (χ1v) is 8.88. The number of hydrogen-bond donors (Lipinski definition) is 1. The van der Waals surface area contributed by atoms with Gasteiger partial charge in [-0.15, -0.1) is 6.58 Å². The molecule has 0 radical (unpaired) electrons. The molecule has 1 aromatic carbocycles. The van der Waals surface area contributed by atoms with E-state index in [9.17, 15) is 14.4 Å². The quantitative estimate of drug-likeness (QED) is 0.624. The molecule has 0 bridgehead atoms. The molecule has 1 aliphatic rings. The Morgan fingerprint density at radius 2 is 1.96 bits per heavy atom. The second-order valence-electron chi connectivity index (χ2n) is 6.49. The maximum atomic E-state index is 12.6. The number of ether oxygens (including phenoxy) is 1. The number of carbonyl (C=O) groups is 3. The van der Waals surface area contributed by atoms with E-state index in [4.69, 9.17) is 4.74 Å². The molecule has 1 N–H and O–H groups in total. The third-order valence-corrected chi connectivity index (χ3v) is 4.57. The molecular formula is C20H26N2O4. The normalized spacial score (nSPS) is 15.8. The maximum Gasteiger partial charge on any atom is 0.309 e. The Bertz CT molecular complexity index is 678. The van der Waals surface area contributed by atoms with Crippen LogP contribution in [-0.4, -0.2) is 48.4 Å². The number of hydrogen-bond acceptors (Lipinski definition) is 4. The van der Waals surface area contributed by atoms with Crippen LogP contribution in [0.1, 0.15) is 35.7 Å². The van der Waals surface area contributed by atoms with E-state index in [1.165, 1.54) is 0 Å². The van der Waals surface area contributed by atoms with Crippen LogP contribution >= 0.6 is 0 Å². The Morgan fingerprint density at radius 3 is 2.58 bits per heavy atom. The number of amides is 2. The summed E-state index contributed by atoms with van der Waals surface area (Å²) in [5.41, 5.74) is 1.64. The monoisotopic (exact) mass is 358 g/mol. The molecule has 1 fully saturated rings. The van der Waals surface area contributed by atoms with Crippen LogP contribution in [0.4, 0.5) is 0 Å². The number of likely N-dealkylation sites (tertiary alicyclic amines) is 1. The minimum Gasteiger partial charge on any atom is -0.452 e. The Hall–Kier alpha value is -2.63. The number of piperidine rings is 1. The fraction of sp³-hybridized carbons (Fsp3) is 0.450. The molecule has 1 heterocycles. The molecule has 1 aliphatic heterocycles. The van der Waals surface area contributed by atoms with Crippen molar-refractivity contribution in [2.45, 2.75) is 32.8 Å². The topological polar surface area (TPSA) is 75.7 Å². The summed E-state index contributed by atoms with van der Waals surface area (Å²) in [7, 11) is 0. The van der Waals surface area contributed by atoms with Crippen LogP contribution < -0.4 is 5.32 Å². The van der Waals surface area contributed by atoms with Crippen molar-refractivity contribution >= 4 is 17.8 Å². The number of aryl methyl sites for hydroxylation is 1. The third-order valence-electron chi connectivity index (χ3n) is 4.57. The molecule has 2 amide bonds.